The van der Waals surface area contributed by atoms with Crippen LogP contribution in [-0.4, -0.2) is 11.4 Å². The molecule has 0 aliphatic carbocycles. The number of halogens is 1. The fourth-order valence-corrected chi connectivity index (χ4v) is 1.25. The van der Waals surface area contributed by atoms with Crippen molar-refractivity contribution in [2.24, 2.45) is 0 Å². The van der Waals surface area contributed by atoms with Crippen LogP contribution in [0.25, 0.3) is 0 Å². The first-order valence-corrected chi connectivity index (χ1v) is 5.39. The van der Waals surface area contributed by atoms with Crippen molar-refractivity contribution in [3.8, 4) is 0 Å². The molecule has 0 amide bonds. The molecule has 4 heteroatoms. The number of hydrogen-bond donors (Lipinski definition) is 2. The molecule has 2 nitrogen and oxygen atoms in total. The van der Waals surface area contributed by atoms with Gasteiger partial charge in [-0.25, -0.2) is 0 Å². The first kappa shape index (κ1) is 10.4. The smallest absolute Gasteiger partial charge is 0.157 e. The highest BCUT2D eigenvalue weighted by Crippen LogP contribution is 2.20. The topological polar surface area (TPSA) is 35.9 Å². The van der Waals surface area contributed by atoms with Crippen LogP contribution < -0.4 is 5.32 Å². The van der Waals surface area contributed by atoms with E-state index in [-0.39, 0.29) is 0 Å². The van der Waals surface area contributed by atoms with Gasteiger partial charge >= 0.3 is 0 Å². The molecule has 2 N–H and O–H groups in total. The van der Waals surface area contributed by atoms with Crippen molar-refractivity contribution in [3.05, 3.63) is 28.8 Å². The molecule has 70 valence electrons. The van der Waals surface area contributed by atoms with E-state index >= 15 is 0 Å². The normalized spacial score (nSPS) is 9.77. The minimum absolute atomic E-state index is 0.417. The molecular weight excluding hydrogens is 204 g/mol. The molecule has 0 radical (unpaired) electrons. The maximum Gasteiger partial charge on any atom is 0.157 e. The maximum atomic E-state index is 7.41. The number of amidine groups is 1. The second-order valence-electron chi connectivity index (χ2n) is 2.62. The minimum Gasteiger partial charge on any atom is -0.335 e. The van der Waals surface area contributed by atoms with E-state index in [9.17, 15) is 0 Å². The highest BCUT2D eigenvalue weighted by Gasteiger charge is 1.98. The molecule has 1 rings (SSSR count). The Hall–Kier alpha value is -0.670. The molecule has 1 aromatic rings. The number of benzene rings is 1. The molecule has 0 spiro atoms. The van der Waals surface area contributed by atoms with Gasteiger partial charge in [-0.15, -0.1) is 0 Å². The summed E-state index contributed by atoms with van der Waals surface area (Å²) >= 11 is 7.28. The quantitative estimate of drug-likeness (QED) is 0.556. The van der Waals surface area contributed by atoms with Crippen molar-refractivity contribution in [1.29, 1.82) is 5.41 Å². The largest absolute Gasteiger partial charge is 0.335 e. The Morgan fingerprint density at radius 1 is 1.54 bits per heavy atom. The second-order valence-corrected chi connectivity index (χ2v) is 3.85. The molecule has 1 aromatic carbocycles. The SMILES string of the molecule is CSC(=N)Nc1ccc(C)c(Cl)c1. The molecule has 0 aliphatic heterocycles. The summed E-state index contributed by atoms with van der Waals surface area (Å²) in [5, 5.41) is 11.5. The summed E-state index contributed by atoms with van der Waals surface area (Å²) in [5.74, 6) is 0. The number of aryl methyl sites for hydroxylation is 1. The van der Waals surface area contributed by atoms with Crippen molar-refractivity contribution in [2.75, 3.05) is 11.6 Å². The molecule has 0 aromatic heterocycles. The van der Waals surface area contributed by atoms with E-state index in [2.05, 4.69) is 5.32 Å². The number of hydrogen-bond acceptors (Lipinski definition) is 2. The Labute approximate surface area is 87.2 Å². The van der Waals surface area contributed by atoms with E-state index in [1.807, 2.05) is 31.4 Å². The molecule has 0 atom stereocenters. The molecule has 0 heterocycles. The lowest BCUT2D eigenvalue weighted by Gasteiger charge is -2.06. The summed E-state index contributed by atoms with van der Waals surface area (Å²) < 4.78 is 0. The number of rotatable bonds is 1. The van der Waals surface area contributed by atoms with Gasteiger partial charge in [0.2, 0.25) is 0 Å². The minimum atomic E-state index is 0.417. The summed E-state index contributed by atoms with van der Waals surface area (Å²) in [6.07, 6.45) is 1.85. The van der Waals surface area contributed by atoms with Gasteiger partial charge in [0.1, 0.15) is 0 Å². The van der Waals surface area contributed by atoms with Crippen molar-refractivity contribution >= 4 is 34.2 Å². The lowest BCUT2D eigenvalue weighted by Crippen LogP contribution is -2.04. The zero-order valence-corrected chi connectivity index (χ0v) is 9.09. The molecule has 0 unspecified atom stereocenters. The first-order chi connectivity index (χ1) is 6.13. The highest BCUT2D eigenvalue weighted by atomic mass is 35.5. The monoisotopic (exact) mass is 214 g/mol. The van der Waals surface area contributed by atoms with Crippen LogP contribution in [0.1, 0.15) is 5.56 Å². The second kappa shape index (κ2) is 4.53. The van der Waals surface area contributed by atoms with Crippen LogP contribution in [0.5, 0.6) is 0 Å². The zero-order chi connectivity index (χ0) is 9.84. The molecule has 13 heavy (non-hydrogen) atoms. The Bertz CT molecular complexity index is 325. The van der Waals surface area contributed by atoms with Crippen LogP contribution in [0.4, 0.5) is 5.69 Å². The van der Waals surface area contributed by atoms with Gasteiger partial charge in [-0.2, -0.15) is 0 Å². The molecular formula is C9H11ClN2S. The van der Waals surface area contributed by atoms with Crippen LogP contribution in [0, 0.1) is 12.3 Å². The number of anilines is 1. The molecule has 0 bridgehead atoms. The maximum absolute atomic E-state index is 7.41. The van der Waals surface area contributed by atoms with E-state index in [4.69, 9.17) is 17.0 Å². The van der Waals surface area contributed by atoms with Gasteiger partial charge in [0, 0.05) is 10.7 Å². The van der Waals surface area contributed by atoms with Gasteiger partial charge in [-0.05, 0) is 30.9 Å². The van der Waals surface area contributed by atoms with Crippen molar-refractivity contribution in [1.82, 2.24) is 0 Å². The van der Waals surface area contributed by atoms with E-state index < -0.39 is 0 Å². The highest BCUT2D eigenvalue weighted by molar-refractivity contribution is 8.13. The third-order valence-electron chi connectivity index (χ3n) is 1.63. The first-order valence-electron chi connectivity index (χ1n) is 3.79. The van der Waals surface area contributed by atoms with E-state index in [1.165, 1.54) is 11.8 Å². The Morgan fingerprint density at radius 3 is 2.77 bits per heavy atom. The van der Waals surface area contributed by atoms with Crippen LogP contribution in [0.2, 0.25) is 5.02 Å². The lowest BCUT2D eigenvalue weighted by molar-refractivity contribution is 1.46. The predicted octanol–water partition coefficient (Wildman–Crippen LogP) is 3.36. The van der Waals surface area contributed by atoms with E-state index in [1.54, 1.807) is 0 Å². The summed E-state index contributed by atoms with van der Waals surface area (Å²) in [7, 11) is 0. The average Bonchev–Trinajstić information content (AvgIpc) is 2.11. The molecule has 0 fully saturated rings. The van der Waals surface area contributed by atoms with Crippen LogP contribution in [0.3, 0.4) is 0 Å². The Kier molecular flexibility index (Phi) is 3.63. The lowest BCUT2D eigenvalue weighted by atomic mass is 10.2. The van der Waals surface area contributed by atoms with E-state index in [0.717, 1.165) is 16.3 Å². The zero-order valence-electron chi connectivity index (χ0n) is 7.52. The summed E-state index contributed by atoms with van der Waals surface area (Å²) in [5.41, 5.74) is 1.90. The summed E-state index contributed by atoms with van der Waals surface area (Å²) in [4.78, 5) is 0. The van der Waals surface area contributed by atoms with Crippen molar-refractivity contribution in [2.45, 2.75) is 6.92 Å². The van der Waals surface area contributed by atoms with E-state index in [0.29, 0.717) is 5.17 Å². The molecule has 0 saturated heterocycles. The number of nitrogens with one attached hydrogen (secondary N) is 2. The van der Waals surface area contributed by atoms with Crippen LogP contribution >= 0.6 is 23.4 Å². The van der Waals surface area contributed by atoms with Crippen LogP contribution in [-0.2, 0) is 0 Å². The Morgan fingerprint density at radius 2 is 2.23 bits per heavy atom. The van der Waals surface area contributed by atoms with Gasteiger partial charge in [0.15, 0.2) is 5.17 Å². The van der Waals surface area contributed by atoms with Gasteiger partial charge in [-0.1, -0.05) is 29.4 Å². The summed E-state index contributed by atoms with van der Waals surface area (Å²) in [6.45, 7) is 1.95. The standard InChI is InChI=1S/C9H11ClN2S/c1-6-3-4-7(5-8(6)10)12-9(11)13-2/h3-5H,1-2H3,(H2,11,12). The average molecular weight is 215 g/mol. The predicted molar refractivity (Wildman–Crippen MR) is 61.1 cm³/mol. The fraction of sp³-hybridized carbons (Fsp3) is 0.222. The Balaban J connectivity index is 2.79. The van der Waals surface area contributed by atoms with Gasteiger partial charge in [0.25, 0.3) is 0 Å². The van der Waals surface area contributed by atoms with Gasteiger partial charge in [-0.3, -0.25) is 5.41 Å². The third-order valence-corrected chi connectivity index (χ3v) is 2.55. The summed E-state index contributed by atoms with van der Waals surface area (Å²) in [6, 6.07) is 5.66. The van der Waals surface area contributed by atoms with Crippen molar-refractivity contribution < 1.29 is 0 Å². The number of thioether (sulfide) groups is 1. The van der Waals surface area contributed by atoms with Crippen LogP contribution in [0.15, 0.2) is 18.2 Å². The van der Waals surface area contributed by atoms with Crippen molar-refractivity contribution in [3.63, 3.8) is 0 Å². The molecule has 0 aliphatic rings. The fourth-order valence-electron chi connectivity index (χ4n) is 0.853. The molecule has 0 saturated carbocycles. The third kappa shape index (κ3) is 2.94. The van der Waals surface area contributed by atoms with Gasteiger partial charge < -0.3 is 5.32 Å². The van der Waals surface area contributed by atoms with Gasteiger partial charge in [0.05, 0.1) is 0 Å².